The summed E-state index contributed by atoms with van der Waals surface area (Å²) < 4.78 is 4.55. The van der Waals surface area contributed by atoms with Crippen molar-refractivity contribution in [3.8, 4) is 0 Å². The molecule has 2 rings (SSSR count). The number of rotatable bonds is 4. The minimum Gasteiger partial charge on any atom is -0.464 e. The fourth-order valence-electron chi connectivity index (χ4n) is 1.51. The Balaban J connectivity index is 2.01. The van der Waals surface area contributed by atoms with Crippen LogP contribution in [-0.2, 0) is 11.3 Å². The van der Waals surface area contributed by atoms with Gasteiger partial charge in [-0.15, -0.1) is 10.2 Å². The molecule has 19 heavy (non-hydrogen) atoms. The molecule has 0 aliphatic carbocycles. The molecule has 0 atom stereocenters. The zero-order chi connectivity index (χ0) is 13.7. The van der Waals surface area contributed by atoms with Crippen LogP contribution in [0.5, 0.6) is 0 Å². The summed E-state index contributed by atoms with van der Waals surface area (Å²) in [7, 11) is 1.31. The molecule has 0 saturated heterocycles. The second-order valence-electron chi connectivity index (χ2n) is 3.95. The molecular weight excluding hydrogens is 244 g/mol. The molecule has 0 fully saturated rings. The number of hydrogen-bond acceptors (Lipinski definition) is 6. The van der Waals surface area contributed by atoms with Gasteiger partial charge in [0.25, 0.3) is 0 Å². The van der Waals surface area contributed by atoms with Crippen molar-refractivity contribution in [3.63, 3.8) is 0 Å². The third kappa shape index (κ3) is 3.25. The number of hydrogen-bond donors (Lipinski definition) is 1. The fraction of sp³-hybridized carbons (Fsp3) is 0.231. The minimum atomic E-state index is -0.498. The normalized spacial score (nSPS) is 10.0. The summed E-state index contributed by atoms with van der Waals surface area (Å²) in [5.74, 6) is 0.0954. The van der Waals surface area contributed by atoms with Gasteiger partial charge in [-0.05, 0) is 36.2 Å². The maximum absolute atomic E-state index is 11.2. The van der Waals surface area contributed by atoms with E-state index < -0.39 is 5.97 Å². The molecular formula is C13H14N4O2. The molecule has 0 spiro atoms. The highest BCUT2D eigenvalue weighted by Crippen LogP contribution is 2.09. The molecule has 2 aromatic heterocycles. The van der Waals surface area contributed by atoms with Crippen molar-refractivity contribution in [2.24, 2.45) is 0 Å². The van der Waals surface area contributed by atoms with Gasteiger partial charge in [-0.25, -0.2) is 4.79 Å². The molecule has 1 N–H and O–H groups in total. The molecule has 0 bridgehead atoms. The highest BCUT2D eigenvalue weighted by molar-refractivity contribution is 5.86. The summed E-state index contributed by atoms with van der Waals surface area (Å²) in [6.45, 7) is 2.62. The standard InChI is InChI=1S/C13H14N4O2/c1-9-5-6-14-7-10(9)8-15-12-4-3-11(16-17-12)13(18)19-2/h3-7H,8H2,1-2H3,(H,15,17). The zero-order valence-electron chi connectivity index (χ0n) is 10.8. The summed E-state index contributed by atoms with van der Waals surface area (Å²) in [4.78, 5) is 15.3. The maximum atomic E-state index is 11.2. The minimum absolute atomic E-state index is 0.186. The Kier molecular flexibility index (Phi) is 4.02. The lowest BCUT2D eigenvalue weighted by molar-refractivity contribution is 0.0593. The number of nitrogens with one attached hydrogen (secondary N) is 1. The Labute approximate surface area is 110 Å². The number of anilines is 1. The number of ether oxygens (including phenoxy) is 1. The van der Waals surface area contributed by atoms with Crippen molar-refractivity contribution in [1.29, 1.82) is 0 Å². The first-order valence-electron chi connectivity index (χ1n) is 5.76. The molecule has 0 aromatic carbocycles. The van der Waals surface area contributed by atoms with Crippen LogP contribution in [0.15, 0.2) is 30.6 Å². The molecule has 98 valence electrons. The Morgan fingerprint density at radius 2 is 2.16 bits per heavy atom. The number of methoxy groups -OCH3 is 1. The molecule has 0 aliphatic heterocycles. The van der Waals surface area contributed by atoms with E-state index >= 15 is 0 Å². The van der Waals surface area contributed by atoms with Crippen molar-refractivity contribution in [2.75, 3.05) is 12.4 Å². The highest BCUT2D eigenvalue weighted by Gasteiger charge is 2.07. The van der Waals surface area contributed by atoms with Crippen LogP contribution in [0.25, 0.3) is 0 Å². The number of aryl methyl sites for hydroxylation is 1. The molecule has 0 amide bonds. The van der Waals surface area contributed by atoms with Crippen molar-refractivity contribution in [3.05, 3.63) is 47.4 Å². The second-order valence-corrected chi connectivity index (χ2v) is 3.95. The van der Waals surface area contributed by atoms with E-state index in [1.54, 1.807) is 24.5 Å². The summed E-state index contributed by atoms with van der Waals surface area (Å²) in [6, 6.07) is 5.20. The number of nitrogens with zero attached hydrogens (tertiary/aromatic N) is 3. The molecule has 6 nitrogen and oxygen atoms in total. The lowest BCUT2D eigenvalue weighted by Gasteiger charge is -2.07. The molecule has 0 radical (unpaired) electrons. The lowest BCUT2D eigenvalue weighted by atomic mass is 10.1. The number of pyridine rings is 1. The van der Waals surface area contributed by atoms with Gasteiger partial charge in [0, 0.05) is 18.9 Å². The first-order chi connectivity index (χ1) is 9.20. The van der Waals surface area contributed by atoms with E-state index in [9.17, 15) is 4.79 Å². The summed E-state index contributed by atoms with van der Waals surface area (Å²) >= 11 is 0. The summed E-state index contributed by atoms with van der Waals surface area (Å²) in [5.41, 5.74) is 2.42. The predicted molar refractivity (Wildman–Crippen MR) is 69.7 cm³/mol. The van der Waals surface area contributed by atoms with Gasteiger partial charge in [-0.3, -0.25) is 4.98 Å². The van der Waals surface area contributed by atoms with Gasteiger partial charge in [-0.2, -0.15) is 0 Å². The Morgan fingerprint density at radius 3 is 2.79 bits per heavy atom. The number of esters is 1. The third-order valence-electron chi connectivity index (χ3n) is 2.67. The highest BCUT2D eigenvalue weighted by atomic mass is 16.5. The smallest absolute Gasteiger partial charge is 0.358 e. The summed E-state index contributed by atoms with van der Waals surface area (Å²) in [6.07, 6.45) is 3.56. The van der Waals surface area contributed by atoms with Gasteiger partial charge in [0.05, 0.1) is 7.11 Å². The molecule has 2 heterocycles. The van der Waals surface area contributed by atoms with Crippen LogP contribution >= 0.6 is 0 Å². The van der Waals surface area contributed by atoms with Gasteiger partial charge in [-0.1, -0.05) is 0 Å². The average molecular weight is 258 g/mol. The van der Waals surface area contributed by atoms with Crippen LogP contribution in [0.1, 0.15) is 21.6 Å². The van der Waals surface area contributed by atoms with E-state index in [1.165, 1.54) is 7.11 Å². The predicted octanol–water partition coefficient (Wildman–Crippen LogP) is 1.58. The van der Waals surface area contributed by atoms with Crippen LogP contribution in [0, 0.1) is 6.92 Å². The molecule has 2 aromatic rings. The largest absolute Gasteiger partial charge is 0.464 e. The third-order valence-corrected chi connectivity index (χ3v) is 2.67. The van der Waals surface area contributed by atoms with Crippen LogP contribution < -0.4 is 5.32 Å². The van der Waals surface area contributed by atoms with Gasteiger partial charge in [0.2, 0.25) is 0 Å². The number of carbonyl (C=O) groups is 1. The van der Waals surface area contributed by atoms with Crippen molar-refractivity contribution >= 4 is 11.8 Å². The van der Waals surface area contributed by atoms with Gasteiger partial charge in [0.1, 0.15) is 5.82 Å². The topological polar surface area (TPSA) is 77.0 Å². The number of carbonyl (C=O) groups excluding carboxylic acids is 1. The van der Waals surface area contributed by atoms with E-state index in [1.807, 2.05) is 13.0 Å². The van der Waals surface area contributed by atoms with E-state index in [-0.39, 0.29) is 5.69 Å². The monoisotopic (exact) mass is 258 g/mol. The average Bonchev–Trinajstić information content (AvgIpc) is 2.46. The zero-order valence-corrected chi connectivity index (χ0v) is 10.8. The van der Waals surface area contributed by atoms with Crippen molar-refractivity contribution < 1.29 is 9.53 Å². The van der Waals surface area contributed by atoms with Crippen molar-refractivity contribution in [2.45, 2.75) is 13.5 Å². The van der Waals surface area contributed by atoms with E-state index in [0.29, 0.717) is 12.4 Å². The van der Waals surface area contributed by atoms with E-state index in [2.05, 4.69) is 25.2 Å². The Bertz CT molecular complexity index is 569. The van der Waals surface area contributed by atoms with Gasteiger partial charge < -0.3 is 10.1 Å². The van der Waals surface area contributed by atoms with Crippen LogP contribution in [-0.4, -0.2) is 28.3 Å². The lowest BCUT2D eigenvalue weighted by Crippen LogP contribution is -2.08. The van der Waals surface area contributed by atoms with Crippen LogP contribution in [0.3, 0.4) is 0 Å². The SMILES string of the molecule is COC(=O)c1ccc(NCc2cnccc2C)nn1. The van der Waals surface area contributed by atoms with Crippen LogP contribution in [0.2, 0.25) is 0 Å². The van der Waals surface area contributed by atoms with Crippen molar-refractivity contribution in [1.82, 2.24) is 15.2 Å². The first-order valence-corrected chi connectivity index (χ1v) is 5.76. The fourth-order valence-corrected chi connectivity index (χ4v) is 1.51. The number of aromatic nitrogens is 3. The van der Waals surface area contributed by atoms with E-state index in [4.69, 9.17) is 0 Å². The molecule has 0 aliphatic rings. The Hall–Kier alpha value is -2.50. The van der Waals surface area contributed by atoms with Crippen LogP contribution in [0.4, 0.5) is 5.82 Å². The molecule has 0 unspecified atom stereocenters. The van der Waals surface area contributed by atoms with E-state index in [0.717, 1.165) is 11.1 Å². The quantitative estimate of drug-likeness (QED) is 0.839. The maximum Gasteiger partial charge on any atom is 0.358 e. The van der Waals surface area contributed by atoms with Gasteiger partial charge >= 0.3 is 5.97 Å². The molecule has 0 saturated carbocycles. The second kappa shape index (κ2) is 5.90. The Morgan fingerprint density at radius 1 is 1.32 bits per heavy atom. The molecule has 6 heteroatoms. The summed E-state index contributed by atoms with van der Waals surface area (Å²) in [5, 5.41) is 10.8. The van der Waals surface area contributed by atoms with Gasteiger partial charge in [0.15, 0.2) is 5.69 Å². The first kappa shape index (κ1) is 12.9.